The van der Waals surface area contributed by atoms with Crippen molar-refractivity contribution in [3.63, 3.8) is 0 Å². The molecule has 22 heavy (non-hydrogen) atoms. The summed E-state index contributed by atoms with van der Waals surface area (Å²) in [6.07, 6.45) is 5.08. The molecule has 116 valence electrons. The smallest absolute Gasteiger partial charge is 0.264 e. The van der Waals surface area contributed by atoms with E-state index in [1.807, 2.05) is 36.6 Å². The van der Waals surface area contributed by atoms with E-state index >= 15 is 0 Å². The van der Waals surface area contributed by atoms with Crippen LogP contribution in [0.1, 0.15) is 27.2 Å². The molecule has 1 unspecified atom stereocenters. The third-order valence-corrected chi connectivity index (χ3v) is 4.88. The second kappa shape index (κ2) is 7.26. The first-order chi connectivity index (χ1) is 10.5. The van der Waals surface area contributed by atoms with Crippen molar-refractivity contribution in [1.29, 1.82) is 0 Å². The lowest BCUT2D eigenvalue weighted by Gasteiger charge is -2.17. The monoisotopic (exact) mass is 333 g/mol. The van der Waals surface area contributed by atoms with Crippen LogP contribution < -0.4 is 11.0 Å². The summed E-state index contributed by atoms with van der Waals surface area (Å²) in [6, 6.07) is 7.67. The average molecular weight is 334 g/mol. The lowest BCUT2D eigenvalue weighted by Crippen LogP contribution is -2.30. The molecule has 0 radical (unpaired) electrons. The van der Waals surface area contributed by atoms with Gasteiger partial charge in [-0.1, -0.05) is 51.4 Å². The number of rotatable bonds is 4. The molecule has 0 amide bonds. The number of halogens is 1. The van der Waals surface area contributed by atoms with Gasteiger partial charge in [0.1, 0.15) is 0 Å². The second-order valence-corrected chi connectivity index (χ2v) is 6.51. The molecule has 0 fully saturated rings. The minimum atomic E-state index is -0.0376. The summed E-state index contributed by atoms with van der Waals surface area (Å²) in [7, 11) is 0.528. The van der Waals surface area contributed by atoms with Crippen molar-refractivity contribution in [1.82, 2.24) is 4.57 Å². The van der Waals surface area contributed by atoms with Gasteiger partial charge in [0.15, 0.2) is 0 Å². The Labute approximate surface area is 138 Å². The van der Waals surface area contributed by atoms with E-state index in [2.05, 4.69) is 25.7 Å². The highest BCUT2D eigenvalue weighted by Crippen LogP contribution is 2.23. The van der Waals surface area contributed by atoms with Gasteiger partial charge in [-0.15, -0.1) is 0 Å². The van der Waals surface area contributed by atoms with Crippen molar-refractivity contribution in [2.45, 2.75) is 27.2 Å². The Morgan fingerprint density at radius 2 is 2.14 bits per heavy atom. The molecule has 2 nitrogen and oxygen atoms in total. The lowest BCUT2D eigenvalue weighted by molar-refractivity contribution is 1.05. The minimum Gasteiger partial charge on any atom is -0.277 e. The van der Waals surface area contributed by atoms with Crippen LogP contribution in [0.3, 0.4) is 0 Å². The predicted octanol–water partition coefficient (Wildman–Crippen LogP) is 4.81. The van der Waals surface area contributed by atoms with Gasteiger partial charge in [0.2, 0.25) is 0 Å². The molecule has 2 rings (SSSR count). The maximum absolute atomic E-state index is 13.1. The van der Waals surface area contributed by atoms with Gasteiger partial charge in [0.25, 0.3) is 5.56 Å². The Morgan fingerprint density at radius 3 is 2.73 bits per heavy atom. The zero-order valence-electron chi connectivity index (χ0n) is 13.4. The van der Waals surface area contributed by atoms with Gasteiger partial charge in [-0.3, -0.25) is 9.36 Å². The Hall–Kier alpha value is -1.37. The molecule has 1 aromatic carbocycles. The molecular weight excluding hydrogens is 313 g/mol. The van der Waals surface area contributed by atoms with Gasteiger partial charge in [0.05, 0.1) is 10.4 Å². The summed E-state index contributed by atoms with van der Waals surface area (Å²) >= 11 is 6.27. The molecule has 2 aromatic rings. The molecule has 1 atom stereocenters. The van der Waals surface area contributed by atoms with E-state index in [-0.39, 0.29) is 5.56 Å². The SMILES string of the molecule is C/C=C(\C(C)=C/CC)n1c(PC)cc2cccc(Cl)c2c1=O. The average Bonchev–Trinajstić information content (AvgIpc) is 2.50. The summed E-state index contributed by atoms with van der Waals surface area (Å²) in [6.45, 7) is 8.20. The Bertz CT molecular complexity index is 818. The van der Waals surface area contributed by atoms with Gasteiger partial charge in [0, 0.05) is 11.1 Å². The molecule has 0 N–H and O–H groups in total. The topological polar surface area (TPSA) is 22.0 Å². The molecule has 0 spiro atoms. The molecule has 1 aromatic heterocycles. The highest BCUT2D eigenvalue weighted by atomic mass is 35.5. The molecule has 0 bridgehead atoms. The van der Waals surface area contributed by atoms with Crippen LogP contribution in [0.4, 0.5) is 0 Å². The van der Waals surface area contributed by atoms with Crippen molar-refractivity contribution >= 4 is 42.1 Å². The quantitative estimate of drug-likeness (QED) is 0.581. The first kappa shape index (κ1) is 17.0. The van der Waals surface area contributed by atoms with Crippen LogP contribution in [-0.2, 0) is 0 Å². The number of aromatic nitrogens is 1. The minimum absolute atomic E-state index is 0.0376. The van der Waals surface area contributed by atoms with Crippen LogP contribution in [0.25, 0.3) is 16.5 Å². The summed E-state index contributed by atoms with van der Waals surface area (Å²) in [5.41, 5.74) is 3.04. The lowest BCUT2D eigenvalue weighted by atomic mass is 10.1. The zero-order chi connectivity index (χ0) is 16.3. The molecule has 1 heterocycles. The molecule has 0 saturated carbocycles. The maximum Gasteiger partial charge on any atom is 0.264 e. The number of allylic oxidation sites excluding steroid dienone is 4. The largest absolute Gasteiger partial charge is 0.277 e. The number of nitrogens with zero attached hydrogens (tertiary/aromatic N) is 1. The second-order valence-electron chi connectivity index (χ2n) is 5.09. The van der Waals surface area contributed by atoms with E-state index in [4.69, 9.17) is 11.6 Å². The first-order valence-corrected chi connectivity index (χ1v) is 9.28. The van der Waals surface area contributed by atoms with Crippen LogP contribution in [0.2, 0.25) is 5.02 Å². The Morgan fingerprint density at radius 1 is 1.41 bits per heavy atom. The van der Waals surface area contributed by atoms with Crippen molar-refractivity contribution < 1.29 is 0 Å². The van der Waals surface area contributed by atoms with Gasteiger partial charge in [-0.2, -0.15) is 0 Å². The van der Waals surface area contributed by atoms with Crippen molar-refractivity contribution in [2.24, 2.45) is 0 Å². The van der Waals surface area contributed by atoms with Crippen molar-refractivity contribution in [2.75, 3.05) is 6.66 Å². The van der Waals surface area contributed by atoms with Crippen LogP contribution in [-0.4, -0.2) is 11.2 Å². The van der Waals surface area contributed by atoms with E-state index in [9.17, 15) is 4.79 Å². The van der Waals surface area contributed by atoms with E-state index < -0.39 is 0 Å². The van der Waals surface area contributed by atoms with E-state index in [1.54, 1.807) is 6.07 Å². The van der Waals surface area contributed by atoms with E-state index in [0.29, 0.717) is 19.0 Å². The third kappa shape index (κ3) is 3.04. The summed E-state index contributed by atoms with van der Waals surface area (Å²) in [4.78, 5) is 13.1. The number of benzene rings is 1. The predicted molar refractivity (Wildman–Crippen MR) is 101 cm³/mol. The van der Waals surface area contributed by atoms with Crippen LogP contribution >= 0.6 is 20.2 Å². The number of hydrogen-bond donors (Lipinski definition) is 0. The van der Waals surface area contributed by atoms with Crippen LogP contribution in [0, 0.1) is 0 Å². The summed E-state index contributed by atoms with van der Waals surface area (Å²) in [5, 5.41) is 2.01. The van der Waals surface area contributed by atoms with E-state index in [1.165, 1.54) is 0 Å². The maximum atomic E-state index is 13.1. The standard InChI is InChI=1S/C18H21ClNOP/c1-5-8-12(3)15(6-2)20-16(22-4)11-13-9-7-10-14(19)17(13)18(20)21/h6-11,22H,5H2,1-4H3/b12-8-,15-6+. The summed E-state index contributed by atoms with van der Waals surface area (Å²) < 4.78 is 1.81. The van der Waals surface area contributed by atoms with Gasteiger partial charge in [-0.05, 0) is 50.0 Å². The fraction of sp³-hybridized carbons (Fsp3) is 0.278. The molecule has 4 heteroatoms. The molecule has 0 aliphatic carbocycles. The fourth-order valence-electron chi connectivity index (χ4n) is 2.69. The highest BCUT2D eigenvalue weighted by Gasteiger charge is 2.14. The molecule has 0 aliphatic rings. The van der Waals surface area contributed by atoms with Gasteiger partial charge >= 0.3 is 0 Å². The van der Waals surface area contributed by atoms with Crippen LogP contribution in [0.5, 0.6) is 0 Å². The van der Waals surface area contributed by atoms with Crippen LogP contribution in [0.15, 0.2) is 46.8 Å². The summed E-state index contributed by atoms with van der Waals surface area (Å²) in [5.74, 6) is 0. The van der Waals surface area contributed by atoms with Gasteiger partial charge < -0.3 is 0 Å². The molecular formula is C18H21ClNOP. The third-order valence-electron chi connectivity index (χ3n) is 3.68. The zero-order valence-corrected chi connectivity index (χ0v) is 15.2. The fourth-order valence-corrected chi connectivity index (χ4v) is 3.69. The number of fused-ring (bicyclic) bond motifs is 1. The molecule has 0 aliphatic heterocycles. The van der Waals surface area contributed by atoms with Gasteiger partial charge in [-0.25, -0.2) is 0 Å². The highest BCUT2D eigenvalue weighted by molar-refractivity contribution is 7.46. The Kier molecular flexibility index (Phi) is 5.61. The normalized spacial score (nSPS) is 13.5. The van der Waals surface area contributed by atoms with E-state index in [0.717, 1.165) is 28.5 Å². The van der Waals surface area contributed by atoms with Crippen molar-refractivity contribution in [3.05, 3.63) is 57.4 Å². The Balaban J connectivity index is 2.88. The van der Waals surface area contributed by atoms with Crippen molar-refractivity contribution in [3.8, 4) is 0 Å². The number of hydrogen-bond acceptors (Lipinski definition) is 1. The molecule has 0 saturated heterocycles. The first-order valence-electron chi connectivity index (χ1n) is 7.41. The number of pyridine rings is 1.